The molecule has 1 aromatic rings. The third kappa shape index (κ3) is 2.06. The van der Waals surface area contributed by atoms with Gasteiger partial charge >= 0.3 is 0 Å². The Balaban J connectivity index is 2.54. The summed E-state index contributed by atoms with van der Waals surface area (Å²) in [7, 11) is 3.14. The Morgan fingerprint density at radius 3 is 2.33 bits per heavy atom. The number of hydrogen-bond donors (Lipinski definition) is 1. The Morgan fingerprint density at radius 2 is 1.78 bits per heavy atom. The number of rotatable bonds is 2. The number of alkyl halides is 1. The van der Waals surface area contributed by atoms with Gasteiger partial charge in [-0.1, -0.05) is 15.9 Å². The zero-order chi connectivity index (χ0) is 13.5. The Bertz CT molecular complexity index is 459. The maximum absolute atomic E-state index is 10.3. The molecule has 1 aromatic carbocycles. The first-order chi connectivity index (χ1) is 8.40. The predicted molar refractivity (Wildman–Crippen MR) is 71.9 cm³/mol. The normalized spacial score (nSPS) is 25.0. The van der Waals surface area contributed by atoms with Crippen LogP contribution in [0.2, 0.25) is 0 Å². The van der Waals surface area contributed by atoms with Crippen LogP contribution >= 0.6 is 15.9 Å². The molecule has 1 aliphatic rings. The van der Waals surface area contributed by atoms with Crippen LogP contribution in [0.4, 0.5) is 0 Å². The molecule has 2 atom stereocenters. The van der Waals surface area contributed by atoms with E-state index < -0.39 is 11.7 Å². The topological polar surface area (TPSA) is 47.9 Å². The fourth-order valence-electron chi connectivity index (χ4n) is 2.07. The molecule has 0 fully saturated rings. The Hall–Kier alpha value is -0.940. The Kier molecular flexibility index (Phi) is 3.47. The summed E-state index contributed by atoms with van der Waals surface area (Å²) in [4.78, 5) is -0.185. The summed E-state index contributed by atoms with van der Waals surface area (Å²) >= 11 is 3.48. The first-order valence-electron chi connectivity index (χ1n) is 5.67. The monoisotopic (exact) mass is 316 g/mol. The third-order valence-corrected chi connectivity index (χ3v) is 4.75. The minimum atomic E-state index is -0.649. The number of aliphatic hydroxyl groups is 1. The first-order valence-corrected chi connectivity index (χ1v) is 6.59. The molecule has 0 spiro atoms. The van der Waals surface area contributed by atoms with E-state index in [2.05, 4.69) is 15.9 Å². The van der Waals surface area contributed by atoms with Crippen LogP contribution in [0, 0.1) is 0 Å². The fraction of sp³-hybridized carbons (Fsp3) is 0.538. The number of hydrogen-bond acceptors (Lipinski definition) is 4. The second kappa shape index (κ2) is 4.63. The maximum atomic E-state index is 10.3. The van der Waals surface area contributed by atoms with Crippen LogP contribution < -0.4 is 14.2 Å². The molecule has 1 heterocycles. The molecular formula is C13H17BrO4. The van der Waals surface area contributed by atoms with Crippen LogP contribution in [0.3, 0.4) is 0 Å². The summed E-state index contributed by atoms with van der Waals surface area (Å²) in [6.45, 7) is 3.85. The van der Waals surface area contributed by atoms with Gasteiger partial charge in [0.2, 0.25) is 0 Å². The van der Waals surface area contributed by atoms with Gasteiger partial charge in [0, 0.05) is 11.6 Å². The van der Waals surface area contributed by atoms with Crippen molar-refractivity contribution < 1.29 is 19.3 Å². The van der Waals surface area contributed by atoms with E-state index in [1.165, 1.54) is 0 Å². The van der Waals surface area contributed by atoms with Crippen LogP contribution in [0.1, 0.15) is 25.5 Å². The van der Waals surface area contributed by atoms with Crippen LogP contribution in [-0.4, -0.2) is 29.8 Å². The van der Waals surface area contributed by atoms with E-state index in [1.54, 1.807) is 26.4 Å². The van der Waals surface area contributed by atoms with E-state index in [1.807, 2.05) is 13.8 Å². The SMILES string of the molecule is COc1cc2c(cc1OC)[C@H](O)[C@@H](Br)C(C)(C)O2. The number of halogens is 1. The minimum Gasteiger partial charge on any atom is -0.493 e. The molecule has 100 valence electrons. The average molecular weight is 317 g/mol. The standard InChI is InChI=1S/C13H17BrO4/c1-13(2)12(14)11(15)7-5-9(16-3)10(17-4)6-8(7)18-13/h5-6,11-12,15H,1-4H3/t11-,12+/m0/s1. The van der Waals surface area contributed by atoms with Crippen molar-refractivity contribution in [3.63, 3.8) is 0 Å². The van der Waals surface area contributed by atoms with Crippen molar-refractivity contribution >= 4 is 15.9 Å². The van der Waals surface area contributed by atoms with Gasteiger partial charge in [-0.3, -0.25) is 0 Å². The lowest BCUT2D eigenvalue weighted by atomic mass is 9.91. The first kappa shape index (κ1) is 13.5. The number of aliphatic hydroxyl groups excluding tert-OH is 1. The highest BCUT2D eigenvalue weighted by molar-refractivity contribution is 9.09. The van der Waals surface area contributed by atoms with Crippen LogP contribution in [-0.2, 0) is 0 Å². The highest BCUT2D eigenvalue weighted by Gasteiger charge is 2.42. The van der Waals surface area contributed by atoms with Gasteiger partial charge in [-0.05, 0) is 19.9 Å². The molecular weight excluding hydrogens is 300 g/mol. The molecule has 0 radical (unpaired) electrons. The van der Waals surface area contributed by atoms with Gasteiger partial charge in [0.25, 0.3) is 0 Å². The van der Waals surface area contributed by atoms with Crippen molar-refractivity contribution in [1.29, 1.82) is 0 Å². The largest absolute Gasteiger partial charge is 0.493 e. The zero-order valence-corrected chi connectivity index (χ0v) is 12.4. The molecule has 0 amide bonds. The second-order valence-corrected chi connectivity index (χ2v) is 5.78. The van der Waals surface area contributed by atoms with Crippen molar-refractivity contribution in [2.24, 2.45) is 0 Å². The second-order valence-electron chi connectivity index (χ2n) is 4.80. The highest BCUT2D eigenvalue weighted by atomic mass is 79.9. The van der Waals surface area contributed by atoms with E-state index in [9.17, 15) is 5.11 Å². The van der Waals surface area contributed by atoms with Crippen molar-refractivity contribution in [2.45, 2.75) is 30.4 Å². The molecule has 0 aromatic heterocycles. The third-order valence-electron chi connectivity index (χ3n) is 3.15. The molecule has 0 unspecified atom stereocenters. The van der Waals surface area contributed by atoms with Gasteiger partial charge < -0.3 is 19.3 Å². The summed E-state index contributed by atoms with van der Waals surface area (Å²) < 4.78 is 16.4. The van der Waals surface area contributed by atoms with Gasteiger partial charge in [-0.15, -0.1) is 0 Å². The number of fused-ring (bicyclic) bond motifs is 1. The summed E-state index contributed by atoms with van der Waals surface area (Å²) in [6.07, 6.45) is -0.649. The lowest BCUT2D eigenvalue weighted by Crippen LogP contribution is -2.45. The zero-order valence-electron chi connectivity index (χ0n) is 10.9. The molecule has 0 saturated carbocycles. The smallest absolute Gasteiger partial charge is 0.164 e. The Morgan fingerprint density at radius 1 is 1.22 bits per heavy atom. The van der Waals surface area contributed by atoms with Gasteiger partial charge in [-0.2, -0.15) is 0 Å². The van der Waals surface area contributed by atoms with E-state index in [4.69, 9.17) is 14.2 Å². The van der Waals surface area contributed by atoms with Crippen molar-refractivity contribution in [3.8, 4) is 17.2 Å². The molecule has 4 nitrogen and oxygen atoms in total. The Labute approximate surface area is 115 Å². The van der Waals surface area contributed by atoms with Crippen molar-refractivity contribution in [1.82, 2.24) is 0 Å². The van der Waals surface area contributed by atoms with Crippen molar-refractivity contribution in [2.75, 3.05) is 14.2 Å². The molecule has 0 aliphatic carbocycles. The van der Waals surface area contributed by atoms with Crippen molar-refractivity contribution in [3.05, 3.63) is 17.7 Å². The molecule has 1 N–H and O–H groups in total. The van der Waals surface area contributed by atoms with Crippen LogP contribution in [0.15, 0.2) is 12.1 Å². The van der Waals surface area contributed by atoms with E-state index >= 15 is 0 Å². The molecule has 0 bridgehead atoms. The van der Waals surface area contributed by atoms with Crippen LogP contribution in [0.5, 0.6) is 17.2 Å². The molecule has 2 rings (SSSR count). The number of ether oxygens (including phenoxy) is 3. The summed E-state index contributed by atoms with van der Waals surface area (Å²) in [6, 6.07) is 3.50. The highest BCUT2D eigenvalue weighted by Crippen LogP contribution is 2.47. The quantitative estimate of drug-likeness (QED) is 0.852. The summed E-state index contributed by atoms with van der Waals surface area (Å²) in [5, 5.41) is 10.3. The minimum absolute atomic E-state index is 0.185. The van der Waals surface area contributed by atoms with Gasteiger partial charge in [0.15, 0.2) is 11.5 Å². The van der Waals surface area contributed by atoms with Gasteiger partial charge in [-0.25, -0.2) is 0 Å². The summed E-state index contributed by atoms with van der Waals surface area (Å²) in [5.74, 6) is 1.80. The van der Waals surface area contributed by atoms with Gasteiger partial charge in [0.05, 0.1) is 25.2 Å². The summed E-state index contributed by atoms with van der Waals surface area (Å²) in [5.41, 5.74) is 0.209. The van der Waals surface area contributed by atoms with E-state index in [-0.39, 0.29) is 4.83 Å². The lowest BCUT2D eigenvalue weighted by molar-refractivity contribution is 0.0221. The molecule has 1 aliphatic heterocycles. The molecule has 18 heavy (non-hydrogen) atoms. The van der Waals surface area contributed by atoms with Gasteiger partial charge in [0.1, 0.15) is 11.4 Å². The van der Waals surface area contributed by atoms with Crippen LogP contribution in [0.25, 0.3) is 0 Å². The maximum Gasteiger partial charge on any atom is 0.164 e. The fourth-order valence-corrected chi connectivity index (χ4v) is 2.45. The molecule has 0 saturated heterocycles. The van der Waals surface area contributed by atoms with E-state index in [0.29, 0.717) is 22.8 Å². The lowest BCUT2D eigenvalue weighted by Gasteiger charge is -2.40. The predicted octanol–water partition coefficient (Wildman–Crippen LogP) is 2.67. The number of benzene rings is 1. The number of methoxy groups -OCH3 is 2. The van der Waals surface area contributed by atoms with E-state index in [0.717, 1.165) is 0 Å². The molecule has 5 heteroatoms. The average Bonchev–Trinajstić information content (AvgIpc) is 2.34.